The van der Waals surface area contributed by atoms with Crippen molar-refractivity contribution in [2.24, 2.45) is 0 Å². The van der Waals surface area contributed by atoms with Gasteiger partial charge in [-0.2, -0.15) is 0 Å². The highest BCUT2D eigenvalue weighted by molar-refractivity contribution is 6.07. The normalized spacial score (nSPS) is 15.4. The number of amides is 1. The number of aromatic carboxylic acids is 1. The molecule has 0 bridgehead atoms. The summed E-state index contributed by atoms with van der Waals surface area (Å²) in [4.78, 5) is 34.9. The van der Waals surface area contributed by atoms with E-state index in [1.54, 1.807) is 0 Å². The summed E-state index contributed by atoms with van der Waals surface area (Å²) in [5.41, 5.74) is 0.882. The number of aliphatic carboxylic acids is 1. The van der Waals surface area contributed by atoms with Crippen LogP contribution >= 0.6 is 0 Å². The number of carboxylic acid groups (broad SMARTS) is 2. The number of benzene rings is 1. The number of nitrogens with one attached hydrogen (secondary N) is 1. The van der Waals surface area contributed by atoms with Gasteiger partial charge in [0, 0.05) is 0 Å². The Labute approximate surface area is 108 Å². The molecule has 1 aliphatic heterocycles. The van der Waals surface area contributed by atoms with E-state index in [0.29, 0.717) is 11.4 Å². The predicted molar refractivity (Wildman–Crippen MR) is 66.5 cm³/mol. The van der Waals surface area contributed by atoms with Crippen molar-refractivity contribution in [1.29, 1.82) is 0 Å². The zero-order valence-electron chi connectivity index (χ0n) is 10.1. The molecule has 0 radical (unpaired) electrons. The Balaban J connectivity index is 2.48. The molecule has 7 heteroatoms. The highest BCUT2D eigenvalue weighted by atomic mass is 16.4. The number of hydrogen-bond donors (Lipinski definition) is 3. The number of hydrogen-bond acceptors (Lipinski definition) is 4. The van der Waals surface area contributed by atoms with Crippen LogP contribution in [0.1, 0.15) is 17.3 Å². The molecule has 3 N–H and O–H groups in total. The highest BCUT2D eigenvalue weighted by Crippen LogP contribution is 2.32. The van der Waals surface area contributed by atoms with Gasteiger partial charge in [-0.05, 0) is 25.1 Å². The number of rotatable bonds is 3. The molecule has 1 unspecified atom stereocenters. The van der Waals surface area contributed by atoms with Crippen LogP contribution in [0, 0.1) is 0 Å². The van der Waals surface area contributed by atoms with E-state index >= 15 is 0 Å². The summed E-state index contributed by atoms with van der Waals surface area (Å²) >= 11 is 0. The van der Waals surface area contributed by atoms with Gasteiger partial charge in [0.25, 0.3) is 0 Å². The number of carbonyl (C=O) groups excluding carboxylic acids is 1. The molecule has 1 atom stereocenters. The minimum Gasteiger partial charge on any atom is -0.480 e. The molecule has 0 aromatic heterocycles. The van der Waals surface area contributed by atoms with Gasteiger partial charge in [-0.15, -0.1) is 0 Å². The van der Waals surface area contributed by atoms with Crippen LogP contribution in [-0.4, -0.2) is 40.6 Å². The fourth-order valence-electron chi connectivity index (χ4n) is 1.95. The van der Waals surface area contributed by atoms with Crippen molar-refractivity contribution in [1.82, 2.24) is 0 Å². The summed E-state index contributed by atoms with van der Waals surface area (Å²) in [7, 11) is 0. The van der Waals surface area contributed by atoms with Crippen molar-refractivity contribution >= 4 is 29.2 Å². The van der Waals surface area contributed by atoms with Gasteiger partial charge < -0.3 is 15.5 Å². The average Bonchev–Trinajstić information content (AvgIpc) is 2.37. The van der Waals surface area contributed by atoms with Crippen LogP contribution in [0.4, 0.5) is 11.4 Å². The number of anilines is 2. The van der Waals surface area contributed by atoms with E-state index in [1.165, 1.54) is 25.1 Å². The highest BCUT2D eigenvalue weighted by Gasteiger charge is 2.32. The standard InChI is InChI=1S/C12H12N2O5/c1-6(11(16)17)14-9-3-2-7(12(18)19)4-8(9)13-5-10(14)15/h2-4,6,13H,5H2,1H3,(H,16,17)(H,18,19). The predicted octanol–water partition coefficient (Wildman–Crippen LogP) is 0.616. The molecule has 1 aliphatic rings. The lowest BCUT2D eigenvalue weighted by Gasteiger charge is -2.33. The van der Waals surface area contributed by atoms with Crippen LogP contribution in [0.15, 0.2) is 18.2 Å². The first-order valence-electron chi connectivity index (χ1n) is 5.58. The van der Waals surface area contributed by atoms with Crippen LogP contribution in [-0.2, 0) is 9.59 Å². The molecular formula is C12H12N2O5. The Morgan fingerprint density at radius 1 is 1.37 bits per heavy atom. The van der Waals surface area contributed by atoms with Gasteiger partial charge in [-0.25, -0.2) is 9.59 Å². The summed E-state index contributed by atoms with van der Waals surface area (Å²) in [5.74, 6) is -2.58. The van der Waals surface area contributed by atoms with Gasteiger partial charge in [0.2, 0.25) is 5.91 Å². The van der Waals surface area contributed by atoms with Gasteiger partial charge >= 0.3 is 11.9 Å². The van der Waals surface area contributed by atoms with E-state index in [0.717, 1.165) is 4.90 Å². The lowest BCUT2D eigenvalue weighted by Crippen LogP contribution is -2.48. The number of carboxylic acids is 2. The molecule has 1 aromatic carbocycles. The van der Waals surface area contributed by atoms with Gasteiger partial charge in [0.15, 0.2) is 0 Å². The zero-order valence-corrected chi connectivity index (χ0v) is 10.1. The Kier molecular flexibility index (Phi) is 3.12. The van der Waals surface area contributed by atoms with E-state index in [-0.39, 0.29) is 18.0 Å². The molecule has 2 rings (SSSR count). The minimum atomic E-state index is -1.12. The Hall–Kier alpha value is -2.57. The van der Waals surface area contributed by atoms with E-state index in [2.05, 4.69) is 5.32 Å². The molecule has 1 aromatic rings. The quantitative estimate of drug-likeness (QED) is 0.738. The van der Waals surface area contributed by atoms with Gasteiger partial charge in [0.1, 0.15) is 6.04 Å². The summed E-state index contributed by atoms with van der Waals surface area (Å²) in [6, 6.07) is 3.14. The monoisotopic (exact) mass is 264 g/mol. The first-order chi connectivity index (χ1) is 8.91. The Morgan fingerprint density at radius 3 is 2.63 bits per heavy atom. The third-order valence-electron chi connectivity index (χ3n) is 2.95. The molecule has 1 heterocycles. The van der Waals surface area contributed by atoms with Crippen molar-refractivity contribution in [2.45, 2.75) is 13.0 Å². The molecule has 0 spiro atoms. The van der Waals surface area contributed by atoms with Crippen LogP contribution in [0.25, 0.3) is 0 Å². The summed E-state index contributed by atoms with van der Waals surface area (Å²) < 4.78 is 0. The van der Waals surface area contributed by atoms with E-state index in [4.69, 9.17) is 10.2 Å². The fourth-order valence-corrected chi connectivity index (χ4v) is 1.95. The number of fused-ring (bicyclic) bond motifs is 1. The summed E-state index contributed by atoms with van der Waals surface area (Å²) in [6.45, 7) is 1.34. The third kappa shape index (κ3) is 2.22. The molecular weight excluding hydrogens is 252 g/mol. The van der Waals surface area contributed by atoms with Crippen molar-refractivity contribution in [3.8, 4) is 0 Å². The maximum atomic E-state index is 11.8. The zero-order chi connectivity index (χ0) is 14.2. The first-order valence-corrected chi connectivity index (χ1v) is 5.58. The van der Waals surface area contributed by atoms with Crippen LogP contribution < -0.4 is 10.2 Å². The maximum Gasteiger partial charge on any atom is 0.335 e. The molecule has 0 saturated carbocycles. The fraction of sp³-hybridized carbons (Fsp3) is 0.250. The Morgan fingerprint density at radius 2 is 2.05 bits per heavy atom. The van der Waals surface area contributed by atoms with Crippen LogP contribution in [0.2, 0.25) is 0 Å². The third-order valence-corrected chi connectivity index (χ3v) is 2.95. The largest absolute Gasteiger partial charge is 0.480 e. The second-order valence-electron chi connectivity index (χ2n) is 4.17. The van der Waals surface area contributed by atoms with Crippen molar-refractivity contribution in [2.75, 3.05) is 16.8 Å². The van der Waals surface area contributed by atoms with Crippen molar-refractivity contribution < 1.29 is 24.6 Å². The Bertz CT molecular complexity index is 569. The molecule has 19 heavy (non-hydrogen) atoms. The molecule has 0 fully saturated rings. The lowest BCUT2D eigenvalue weighted by atomic mass is 10.1. The average molecular weight is 264 g/mol. The summed E-state index contributed by atoms with van der Waals surface area (Å²) in [5, 5.41) is 20.7. The number of nitrogens with zero attached hydrogens (tertiary/aromatic N) is 1. The molecule has 1 amide bonds. The van der Waals surface area contributed by atoms with Crippen LogP contribution in [0.5, 0.6) is 0 Å². The number of carbonyl (C=O) groups is 3. The second kappa shape index (κ2) is 4.60. The van der Waals surface area contributed by atoms with Gasteiger partial charge in [-0.1, -0.05) is 0 Å². The van der Waals surface area contributed by atoms with E-state index in [1.807, 2.05) is 0 Å². The topological polar surface area (TPSA) is 107 Å². The molecule has 0 saturated heterocycles. The van der Waals surface area contributed by atoms with Crippen molar-refractivity contribution in [3.05, 3.63) is 23.8 Å². The molecule has 7 nitrogen and oxygen atoms in total. The van der Waals surface area contributed by atoms with Crippen LogP contribution in [0.3, 0.4) is 0 Å². The SMILES string of the molecule is CC(C(=O)O)N1C(=O)CNc2cc(C(=O)O)ccc21. The lowest BCUT2D eigenvalue weighted by molar-refractivity contribution is -0.139. The van der Waals surface area contributed by atoms with Crippen molar-refractivity contribution in [3.63, 3.8) is 0 Å². The summed E-state index contributed by atoms with van der Waals surface area (Å²) in [6.07, 6.45) is 0. The molecule has 100 valence electrons. The maximum absolute atomic E-state index is 11.8. The molecule has 0 aliphatic carbocycles. The first kappa shape index (κ1) is 12.9. The van der Waals surface area contributed by atoms with Gasteiger partial charge in [-0.3, -0.25) is 9.69 Å². The van der Waals surface area contributed by atoms with E-state index in [9.17, 15) is 14.4 Å². The minimum absolute atomic E-state index is 0.0618. The van der Waals surface area contributed by atoms with Gasteiger partial charge in [0.05, 0.1) is 23.5 Å². The second-order valence-corrected chi connectivity index (χ2v) is 4.17. The smallest absolute Gasteiger partial charge is 0.335 e. The van der Waals surface area contributed by atoms with E-state index < -0.39 is 18.0 Å².